The van der Waals surface area contributed by atoms with Crippen molar-refractivity contribution >= 4 is 5.82 Å². The summed E-state index contributed by atoms with van der Waals surface area (Å²) in [5, 5.41) is 0. The van der Waals surface area contributed by atoms with Crippen molar-refractivity contribution < 1.29 is 0 Å². The molecule has 2 rings (SSSR count). The first-order chi connectivity index (χ1) is 7.81. The number of aryl methyl sites for hydroxylation is 1. The number of nitrogens with two attached hydrogens (primary N) is 1. The molecule has 2 aromatic rings. The predicted octanol–water partition coefficient (Wildman–Crippen LogP) is 3.28. The topological polar surface area (TPSA) is 38.9 Å². The third kappa shape index (κ3) is 2.22. The molecular formula is C14H16N2. The van der Waals surface area contributed by atoms with Crippen LogP contribution in [0.5, 0.6) is 0 Å². The van der Waals surface area contributed by atoms with E-state index in [1.54, 1.807) is 6.20 Å². The van der Waals surface area contributed by atoms with Crippen LogP contribution in [0.3, 0.4) is 0 Å². The molecule has 0 aliphatic rings. The molecule has 0 fully saturated rings. The summed E-state index contributed by atoms with van der Waals surface area (Å²) in [7, 11) is 0. The maximum Gasteiger partial charge on any atom is 0.131 e. The zero-order chi connectivity index (χ0) is 11.4. The van der Waals surface area contributed by atoms with E-state index in [2.05, 4.69) is 36.2 Å². The Hall–Kier alpha value is -1.83. The van der Waals surface area contributed by atoms with E-state index >= 15 is 0 Å². The van der Waals surface area contributed by atoms with Gasteiger partial charge in [0.15, 0.2) is 0 Å². The summed E-state index contributed by atoms with van der Waals surface area (Å²) in [6, 6.07) is 12.4. The van der Waals surface area contributed by atoms with Gasteiger partial charge in [0.1, 0.15) is 5.82 Å². The van der Waals surface area contributed by atoms with Crippen LogP contribution in [0.1, 0.15) is 18.9 Å². The van der Waals surface area contributed by atoms with Crippen molar-refractivity contribution in [2.75, 3.05) is 5.73 Å². The number of rotatable bonds is 3. The van der Waals surface area contributed by atoms with E-state index < -0.39 is 0 Å². The average Bonchev–Trinajstić information content (AvgIpc) is 2.30. The van der Waals surface area contributed by atoms with Crippen LogP contribution in [-0.2, 0) is 6.42 Å². The summed E-state index contributed by atoms with van der Waals surface area (Å²) in [4.78, 5) is 4.11. The first-order valence-corrected chi connectivity index (χ1v) is 5.61. The summed E-state index contributed by atoms with van der Waals surface area (Å²) in [5.74, 6) is 0.594. The molecular weight excluding hydrogens is 196 g/mol. The van der Waals surface area contributed by atoms with Gasteiger partial charge < -0.3 is 5.73 Å². The first kappa shape index (κ1) is 10.7. The molecule has 1 aromatic heterocycles. The van der Waals surface area contributed by atoms with Gasteiger partial charge in [-0.05, 0) is 29.7 Å². The molecule has 0 atom stereocenters. The fourth-order valence-corrected chi connectivity index (χ4v) is 1.84. The standard InChI is InChI=1S/C14H16N2/c1-2-5-11-6-3-7-12(10-11)13-8-4-9-16-14(13)15/h3-4,6-10H,2,5H2,1H3,(H2,15,16). The summed E-state index contributed by atoms with van der Waals surface area (Å²) < 4.78 is 0. The highest BCUT2D eigenvalue weighted by Crippen LogP contribution is 2.24. The fourth-order valence-electron chi connectivity index (χ4n) is 1.84. The van der Waals surface area contributed by atoms with E-state index in [4.69, 9.17) is 5.73 Å². The van der Waals surface area contributed by atoms with Gasteiger partial charge in [0, 0.05) is 11.8 Å². The van der Waals surface area contributed by atoms with Gasteiger partial charge in [-0.15, -0.1) is 0 Å². The molecule has 0 unspecified atom stereocenters. The molecule has 0 spiro atoms. The number of anilines is 1. The average molecular weight is 212 g/mol. The Balaban J connectivity index is 2.40. The molecule has 0 saturated heterocycles. The van der Waals surface area contributed by atoms with Crippen molar-refractivity contribution in [3.63, 3.8) is 0 Å². The Morgan fingerprint density at radius 3 is 2.81 bits per heavy atom. The zero-order valence-electron chi connectivity index (χ0n) is 9.48. The minimum atomic E-state index is 0.594. The normalized spacial score (nSPS) is 10.3. The van der Waals surface area contributed by atoms with Crippen molar-refractivity contribution in [2.45, 2.75) is 19.8 Å². The highest BCUT2D eigenvalue weighted by Gasteiger charge is 2.02. The monoisotopic (exact) mass is 212 g/mol. The Morgan fingerprint density at radius 2 is 2.06 bits per heavy atom. The SMILES string of the molecule is CCCc1cccc(-c2cccnc2N)c1. The number of nitrogen functional groups attached to an aromatic ring is 1. The van der Waals surface area contributed by atoms with Crippen LogP contribution in [0, 0.1) is 0 Å². The van der Waals surface area contributed by atoms with Gasteiger partial charge in [0.05, 0.1) is 0 Å². The molecule has 1 aromatic carbocycles. The number of hydrogen-bond donors (Lipinski definition) is 1. The number of pyridine rings is 1. The highest BCUT2D eigenvalue weighted by atomic mass is 14.8. The minimum Gasteiger partial charge on any atom is -0.383 e. The van der Waals surface area contributed by atoms with Crippen molar-refractivity contribution in [1.82, 2.24) is 4.98 Å². The molecule has 0 saturated carbocycles. The third-order valence-electron chi connectivity index (χ3n) is 2.62. The largest absolute Gasteiger partial charge is 0.383 e. The van der Waals surface area contributed by atoms with Crippen LogP contribution < -0.4 is 5.73 Å². The van der Waals surface area contributed by atoms with E-state index in [1.807, 2.05) is 12.1 Å². The number of hydrogen-bond acceptors (Lipinski definition) is 2. The maximum atomic E-state index is 5.87. The lowest BCUT2D eigenvalue weighted by Crippen LogP contribution is -1.93. The van der Waals surface area contributed by atoms with Crippen LogP contribution in [0.15, 0.2) is 42.6 Å². The van der Waals surface area contributed by atoms with Crippen molar-refractivity contribution in [2.24, 2.45) is 0 Å². The fraction of sp³-hybridized carbons (Fsp3) is 0.214. The van der Waals surface area contributed by atoms with Crippen LogP contribution in [0.25, 0.3) is 11.1 Å². The summed E-state index contributed by atoms with van der Waals surface area (Å²) in [6.07, 6.45) is 3.98. The Kier molecular flexibility index (Phi) is 3.20. The molecule has 0 aliphatic heterocycles. The molecule has 0 bridgehead atoms. The van der Waals surface area contributed by atoms with Gasteiger partial charge in [-0.25, -0.2) is 4.98 Å². The van der Waals surface area contributed by atoms with Gasteiger partial charge in [-0.3, -0.25) is 0 Å². The van der Waals surface area contributed by atoms with Crippen LogP contribution in [0.4, 0.5) is 5.82 Å². The second-order valence-electron chi connectivity index (χ2n) is 3.89. The molecule has 2 N–H and O–H groups in total. The highest BCUT2D eigenvalue weighted by molar-refractivity contribution is 5.73. The maximum absolute atomic E-state index is 5.87. The lowest BCUT2D eigenvalue weighted by atomic mass is 10.0. The van der Waals surface area contributed by atoms with Crippen LogP contribution in [0.2, 0.25) is 0 Å². The van der Waals surface area contributed by atoms with Crippen molar-refractivity contribution in [3.05, 3.63) is 48.2 Å². The van der Waals surface area contributed by atoms with E-state index in [9.17, 15) is 0 Å². The van der Waals surface area contributed by atoms with Gasteiger partial charge in [-0.2, -0.15) is 0 Å². The lowest BCUT2D eigenvalue weighted by Gasteiger charge is -2.06. The van der Waals surface area contributed by atoms with Gasteiger partial charge >= 0.3 is 0 Å². The smallest absolute Gasteiger partial charge is 0.131 e. The molecule has 0 aliphatic carbocycles. The Labute approximate surface area is 96.1 Å². The molecule has 1 heterocycles. The van der Waals surface area contributed by atoms with E-state index in [-0.39, 0.29) is 0 Å². The number of aromatic nitrogens is 1. The molecule has 82 valence electrons. The Morgan fingerprint density at radius 1 is 1.19 bits per heavy atom. The second kappa shape index (κ2) is 4.79. The van der Waals surface area contributed by atoms with Crippen LogP contribution in [-0.4, -0.2) is 4.98 Å². The van der Waals surface area contributed by atoms with Crippen LogP contribution >= 0.6 is 0 Å². The molecule has 16 heavy (non-hydrogen) atoms. The van der Waals surface area contributed by atoms with E-state index in [0.29, 0.717) is 5.82 Å². The van der Waals surface area contributed by atoms with E-state index in [1.165, 1.54) is 5.56 Å². The molecule has 0 amide bonds. The number of benzene rings is 1. The predicted molar refractivity (Wildman–Crippen MR) is 68.1 cm³/mol. The lowest BCUT2D eigenvalue weighted by molar-refractivity contribution is 0.922. The van der Waals surface area contributed by atoms with Gasteiger partial charge in [-0.1, -0.05) is 37.6 Å². The van der Waals surface area contributed by atoms with Gasteiger partial charge in [0.2, 0.25) is 0 Å². The summed E-state index contributed by atoms with van der Waals surface area (Å²) >= 11 is 0. The number of nitrogens with zero attached hydrogens (tertiary/aromatic N) is 1. The summed E-state index contributed by atoms with van der Waals surface area (Å²) in [5.41, 5.74) is 9.38. The molecule has 2 heteroatoms. The van der Waals surface area contributed by atoms with Gasteiger partial charge in [0.25, 0.3) is 0 Å². The van der Waals surface area contributed by atoms with Crippen molar-refractivity contribution in [1.29, 1.82) is 0 Å². The van der Waals surface area contributed by atoms with E-state index in [0.717, 1.165) is 24.0 Å². The third-order valence-corrected chi connectivity index (χ3v) is 2.62. The Bertz CT molecular complexity index is 478. The zero-order valence-corrected chi connectivity index (χ0v) is 9.48. The second-order valence-corrected chi connectivity index (χ2v) is 3.89. The minimum absolute atomic E-state index is 0.594. The molecule has 2 nitrogen and oxygen atoms in total. The van der Waals surface area contributed by atoms with Crippen molar-refractivity contribution in [3.8, 4) is 11.1 Å². The quantitative estimate of drug-likeness (QED) is 0.848. The summed E-state index contributed by atoms with van der Waals surface area (Å²) in [6.45, 7) is 2.19. The first-order valence-electron chi connectivity index (χ1n) is 5.61. The molecule has 0 radical (unpaired) electrons.